The van der Waals surface area contributed by atoms with Gasteiger partial charge in [0, 0.05) is 5.56 Å². The highest BCUT2D eigenvalue weighted by Gasteiger charge is 2.18. The number of benzene rings is 2. The number of hydrogen-bond acceptors (Lipinski definition) is 4. The van der Waals surface area contributed by atoms with Gasteiger partial charge in [0.25, 0.3) is 0 Å². The van der Waals surface area contributed by atoms with E-state index in [0.717, 1.165) is 33.7 Å². The van der Waals surface area contributed by atoms with Crippen molar-refractivity contribution < 1.29 is 9.26 Å². The Balaban J connectivity index is 2.15. The van der Waals surface area contributed by atoms with E-state index in [-0.39, 0.29) is 0 Å². The molecule has 2 N–H and O–H groups in total. The average Bonchev–Trinajstić information content (AvgIpc) is 2.89. The molecule has 0 aliphatic carbocycles. The van der Waals surface area contributed by atoms with Gasteiger partial charge in [0.05, 0.1) is 12.7 Å². The average molecular weight is 280 g/mol. The van der Waals surface area contributed by atoms with E-state index in [1.807, 2.05) is 55.5 Å². The summed E-state index contributed by atoms with van der Waals surface area (Å²) in [7, 11) is 1.64. The van der Waals surface area contributed by atoms with Crippen molar-refractivity contribution in [2.75, 3.05) is 12.8 Å². The number of nitrogens with zero attached hydrogens (tertiary/aromatic N) is 1. The molecule has 1 aromatic heterocycles. The van der Waals surface area contributed by atoms with E-state index < -0.39 is 0 Å². The summed E-state index contributed by atoms with van der Waals surface area (Å²) < 4.78 is 10.4. The standard InChI is InChI=1S/C17H16N2O2/c1-11-5-3-4-6-14(11)15-16(19-21-17(15)18)12-7-9-13(20-2)10-8-12/h3-10H,18H2,1-2H3. The van der Waals surface area contributed by atoms with Crippen LogP contribution in [0.25, 0.3) is 22.4 Å². The van der Waals surface area contributed by atoms with Gasteiger partial charge >= 0.3 is 0 Å². The molecule has 0 aliphatic rings. The highest BCUT2D eigenvalue weighted by Crippen LogP contribution is 2.37. The maximum Gasteiger partial charge on any atom is 0.230 e. The van der Waals surface area contributed by atoms with E-state index in [4.69, 9.17) is 15.0 Å². The maximum absolute atomic E-state index is 5.98. The molecule has 0 fully saturated rings. The van der Waals surface area contributed by atoms with Gasteiger partial charge in [0.15, 0.2) is 0 Å². The number of ether oxygens (including phenoxy) is 1. The number of methoxy groups -OCH3 is 1. The van der Waals surface area contributed by atoms with Crippen molar-refractivity contribution in [3.8, 4) is 28.1 Å². The number of anilines is 1. The summed E-state index contributed by atoms with van der Waals surface area (Å²) in [5.74, 6) is 1.13. The molecule has 0 radical (unpaired) electrons. The lowest BCUT2D eigenvalue weighted by molar-refractivity contribution is 0.415. The molecule has 0 bridgehead atoms. The minimum absolute atomic E-state index is 0.329. The van der Waals surface area contributed by atoms with E-state index in [0.29, 0.717) is 5.88 Å². The van der Waals surface area contributed by atoms with Crippen molar-refractivity contribution in [1.82, 2.24) is 5.16 Å². The van der Waals surface area contributed by atoms with Crippen LogP contribution in [0.5, 0.6) is 5.75 Å². The highest BCUT2D eigenvalue weighted by molar-refractivity contribution is 5.88. The molecule has 0 saturated heterocycles. The molecule has 3 aromatic rings. The smallest absolute Gasteiger partial charge is 0.230 e. The number of hydrogen-bond donors (Lipinski definition) is 1. The molecule has 106 valence electrons. The van der Waals surface area contributed by atoms with Crippen LogP contribution in [0.15, 0.2) is 53.1 Å². The van der Waals surface area contributed by atoms with Gasteiger partial charge < -0.3 is 15.0 Å². The third-order valence-electron chi connectivity index (χ3n) is 3.50. The number of nitrogens with two attached hydrogens (primary N) is 1. The minimum Gasteiger partial charge on any atom is -0.497 e. The zero-order valence-electron chi connectivity index (χ0n) is 12.0. The molecule has 2 aromatic carbocycles. The monoisotopic (exact) mass is 280 g/mol. The Hall–Kier alpha value is -2.75. The zero-order valence-corrected chi connectivity index (χ0v) is 12.0. The molecule has 0 spiro atoms. The summed E-state index contributed by atoms with van der Waals surface area (Å²) in [5.41, 5.74) is 10.6. The van der Waals surface area contributed by atoms with Gasteiger partial charge in [-0.1, -0.05) is 29.4 Å². The number of nitrogen functional groups attached to an aromatic ring is 1. The van der Waals surface area contributed by atoms with Crippen molar-refractivity contribution in [3.63, 3.8) is 0 Å². The maximum atomic E-state index is 5.98. The van der Waals surface area contributed by atoms with Crippen LogP contribution < -0.4 is 10.5 Å². The van der Waals surface area contributed by atoms with Crippen molar-refractivity contribution in [1.29, 1.82) is 0 Å². The van der Waals surface area contributed by atoms with E-state index in [9.17, 15) is 0 Å². The van der Waals surface area contributed by atoms with Gasteiger partial charge in [-0.2, -0.15) is 0 Å². The second kappa shape index (κ2) is 5.32. The molecule has 1 heterocycles. The normalized spacial score (nSPS) is 10.6. The quantitative estimate of drug-likeness (QED) is 0.790. The van der Waals surface area contributed by atoms with Crippen molar-refractivity contribution in [2.24, 2.45) is 0 Å². The van der Waals surface area contributed by atoms with Gasteiger partial charge in [-0.05, 0) is 42.3 Å². The summed E-state index contributed by atoms with van der Waals surface area (Å²) >= 11 is 0. The Morgan fingerprint density at radius 3 is 2.43 bits per heavy atom. The largest absolute Gasteiger partial charge is 0.497 e. The van der Waals surface area contributed by atoms with Crippen LogP contribution in [-0.2, 0) is 0 Å². The lowest BCUT2D eigenvalue weighted by Crippen LogP contribution is -1.90. The van der Waals surface area contributed by atoms with Gasteiger partial charge in [0.1, 0.15) is 11.4 Å². The van der Waals surface area contributed by atoms with E-state index in [1.54, 1.807) is 7.11 Å². The Bertz CT molecular complexity index is 761. The van der Waals surface area contributed by atoms with Gasteiger partial charge in [0.2, 0.25) is 5.88 Å². The number of rotatable bonds is 3. The summed E-state index contributed by atoms with van der Waals surface area (Å²) in [6.07, 6.45) is 0. The zero-order chi connectivity index (χ0) is 14.8. The summed E-state index contributed by atoms with van der Waals surface area (Å²) in [6.45, 7) is 2.04. The molecule has 0 saturated carbocycles. The third kappa shape index (κ3) is 2.36. The first-order valence-corrected chi connectivity index (χ1v) is 6.66. The van der Waals surface area contributed by atoms with Crippen LogP contribution in [0.3, 0.4) is 0 Å². The third-order valence-corrected chi connectivity index (χ3v) is 3.50. The lowest BCUT2D eigenvalue weighted by Gasteiger charge is -2.06. The van der Waals surface area contributed by atoms with Crippen LogP contribution in [0.4, 0.5) is 5.88 Å². The summed E-state index contributed by atoms with van der Waals surface area (Å²) in [6, 6.07) is 15.7. The fourth-order valence-electron chi connectivity index (χ4n) is 2.36. The van der Waals surface area contributed by atoms with E-state index in [2.05, 4.69) is 5.16 Å². The molecule has 3 rings (SSSR count). The first-order valence-electron chi connectivity index (χ1n) is 6.66. The molecule has 0 aliphatic heterocycles. The lowest BCUT2D eigenvalue weighted by atomic mass is 9.97. The predicted octanol–water partition coefficient (Wildman–Crippen LogP) is 3.91. The van der Waals surface area contributed by atoms with Gasteiger partial charge in [-0.25, -0.2) is 0 Å². The summed E-state index contributed by atoms with van der Waals surface area (Å²) in [5, 5.41) is 4.12. The van der Waals surface area contributed by atoms with Crippen LogP contribution in [0.2, 0.25) is 0 Å². The van der Waals surface area contributed by atoms with Crippen LogP contribution in [0.1, 0.15) is 5.56 Å². The second-order valence-electron chi connectivity index (χ2n) is 4.81. The van der Waals surface area contributed by atoms with Crippen molar-refractivity contribution in [3.05, 3.63) is 54.1 Å². The van der Waals surface area contributed by atoms with E-state index in [1.165, 1.54) is 0 Å². The number of aryl methyl sites for hydroxylation is 1. The Labute approximate surface area is 123 Å². The Morgan fingerprint density at radius 1 is 1.05 bits per heavy atom. The number of aromatic nitrogens is 1. The molecular weight excluding hydrogens is 264 g/mol. The molecule has 21 heavy (non-hydrogen) atoms. The predicted molar refractivity (Wildman–Crippen MR) is 83.1 cm³/mol. The van der Waals surface area contributed by atoms with Crippen molar-refractivity contribution >= 4 is 5.88 Å². The molecule has 0 unspecified atom stereocenters. The SMILES string of the molecule is COc1ccc(-c2noc(N)c2-c2ccccc2C)cc1. The van der Waals surface area contributed by atoms with Crippen LogP contribution in [-0.4, -0.2) is 12.3 Å². The Kier molecular flexibility index (Phi) is 3.36. The van der Waals surface area contributed by atoms with Crippen LogP contribution >= 0.6 is 0 Å². The summed E-state index contributed by atoms with van der Waals surface area (Å²) in [4.78, 5) is 0. The molecular formula is C17H16N2O2. The molecule has 4 nitrogen and oxygen atoms in total. The first-order chi connectivity index (χ1) is 10.2. The molecule has 0 amide bonds. The van der Waals surface area contributed by atoms with Crippen LogP contribution in [0, 0.1) is 6.92 Å². The molecule has 0 atom stereocenters. The first kappa shape index (κ1) is 13.2. The molecule has 4 heteroatoms. The second-order valence-corrected chi connectivity index (χ2v) is 4.81. The topological polar surface area (TPSA) is 61.3 Å². The van der Waals surface area contributed by atoms with Gasteiger partial charge in [-0.15, -0.1) is 0 Å². The fourth-order valence-corrected chi connectivity index (χ4v) is 2.36. The van der Waals surface area contributed by atoms with Gasteiger partial charge in [-0.3, -0.25) is 0 Å². The Morgan fingerprint density at radius 2 is 1.76 bits per heavy atom. The van der Waals surface area contributed by atoms with E-state index >= 15 is 0 Å². The van der Waals surface area contributed by atoms with Crippen molar-refractivity contribution in [2.45, 2.75) is 6.92 Å². The highest BCUT2D eigenvalue weighted by atomic mass is 16.5. The minimum atomic E-state index is 0.329. The fraction of sp³-hybridized carbons (Fsp3) is 0.118.